The number of halogens is 3. The Kier molecular flexibility index (Phi) is 13.3. The van der Waals surface area contributed by atoms with Crippen molar-refractivity contribution in [2.75, 3.05) is 62.2 Å². The van der Waals surface area contributed by atoms with Crippen molar-refractivity contribution in [1.29, 1.82) is 0 Å². The van der Waals surface area contributed by atoms with Crippen LogP contribution in [-0.4, -0.2) is 98.4 Å². The summed E-state index contributed by atoms with van der Waals surface area (Å²) in [5.74, 6) is -0.612. The molecule has 3 saturated heterocycles. The Labute approximate surface area is 297 Å². The van der Waals surface area contributed by atoms with E-state index in [0.717, 1.165) is 70.6 Å². The van der Waals surface area contributed by atoms with Crippen LogP contribution in [0.4, 0.5) is 11.4 Å². The number of aryl methyl sites for hydroxylation is 1. The SMILES string of the molecule is Cc1cccc(N2CCN(C(=O)C3CCN(c4ccc(S(=O)(=O)C5(C(=O)NO)CCN(C6CC6)CC5)cc4)CC3)CC2)c1C.Cl.Cl.Cl. The molecule has 0 bridgehead atoms. The summed E-state index contributed by atoms with van der Waals surface area (Å²) < 4.78 is 26.0. The van der Waals surface area contributed by atoms with Crippen LogP contribution in [0.2, 0.25) is 0 Å². The molecule has 4 aliphatic rings. The first-order chi connectivity index (χ1) is 21.1. The molecule has 3 heterocycles. The summed E-state index contributed by atoms with van der Waals surface area (Å²) in [4.78, 5) is 35.2. The van der Waals surface area contributed by atoms with Crippen molar-refractivity contribution in [2.24, 2.45) is 5.92 Å². The van der Waals surface area contributed by atoms with Gasteiger partial charge in [-0.1, -0.05) is 12.1 Å². The molecule has 1 saturated carbocycles. The highest BCUT2D eigenvalue weighted by Gasteiger charge is 2.54. The number of piperidine rings is 2. The Morgan fingerprint density at radius 3 is 1.94 bits per heavy atom. The second-order valence-corrected chi connectivity index (χ2v) is 15.3. The van der Waals surface area contributed by atoms with Crippen molar-refractivity contribution in [2.45, 2.75) is 68.1 Å². The highest BCUT2D eigenvalue weighted by atomic mass is 35.5. The summed E-state index contributed by atoms with van der Waals surface area (Å²) in [5, 5.41) is 9.47. The summed E-state index contributed by atoms with van der Waals surface area (Å²) >= 11 is 0. The fourth-order valence-corrected chi connectivity index (χ4v) is 9.32. The number of carbonyl (C=O) groups excluding carboxylic acids is 2. The van der Waals surface area contributed by atoms with Gasteiger partial charge in [-0.25, -0.2) is 13.9 Å². The zero-order valence-corrected chi connectivity index (χ0v) is 30.4. The molecule has 10 nitrogen and oxygen atoms in total. The molecule has 2 aromatic rings. The number of sulfone groups is 1. The Morgan fingerprint density at radius 1 is 0.787 bits per heavy atom. The lowest BCUT2D eigenvalue weighted by molar-refractivity contribution is -0.136. The molecule has 4 fully saturated rings. The van der Waals surface area contributed by atoms with E-state index in [-0.39, 0.29) is 66.8 Å². The minimum Gasteiger partial charge on any atom is -0.371 e. The van der Waals surface area contributed by atoms with Crippen LogP contribution < -0.4 is 15.3 Å². The Morgan fingerprint density at radius 2 is 1.38 bits per heavy atom. The first-order valence-electron chi connectivity index (χ1n) is 16.0. The Balaban J connectivity index is 0.00000200. The van der Waals surface area contributed by atoms with Crippen LogP contribution in [0.1, 0.15) is 49.7 Å². The molecular formula is C33H48Cl3N5O5S. The summed E-state index contributed by atoms with van der Waals surface area (Å²) in [6, 6.07) is 13.6. The molecule has 2 N–H and O–H groups in total. The smallest absolute Gasteiger partial charge is 0.265 e. The van der Waals surface area contributed by atoms with Crippen molar-refractivity contribution >= 4 is 70.2 Å². The molecule has 0 aromatic heterocycles. The van der Waals surface area contributed by atoms with Crippen molar-refractivity contribution in [3.8, 4) is 0 Å². The number of likely N-dealkylation sites (tertiary alicyclic amines) is 1. The molecule has 2 aromatic carbocycles. The van der Waals surface area contributed by atoms with Crippen LogP contribution in [0.15, 0.2) is 47.4 Å². The van der Waals surface area contributed by atoms with E-state index in [4.69, 9.17) is 0 Å². The Hall–Kier alpha value is -2.28. The molecule has 1 aliphatic carbocycles. The van der Waals surface area contributed by atoms with E-state index < -0.39 is 20.5 Å². The van der Waals surface area contributed by atoms with Crippen LogP contribution in [0.5, 0.6) is 0 Å². The molecule has 6 rings (SSSR count). The summed E-state index contributed by atoms with van der Waals surface area (Å²) in [6.07, 6.45) is 4.05. The number of hydroxylamine groups is 1. The highest BCUT2D eigenvalue weighted by molar-refractivity contribution is 7.93. The highest BCUT2D eigenvalue weighted by Crippen LogP contribution is 2.40. The number of carbonyl (C=O) groups is 2. The van der Waals surface area contributed by atoms with Crippen molar-refractivity contribution < 1.29 is 23.2 Å². The van der Waals surface area contributed by atoms with Gasteiger partial charge < -0.3 is 19.6 Å². The number of hydrogen-bond donors (Lipinski definition) is 2. The van der Waals surface area contributed by atoms with Gasteiger partial charge in [0.05, 0.1) is 4.90 Å². The normalized spacial score (nSPS) is 20.4. The average molecular weight is 733 g/mol. The molecule has 0 radical (unpaired) electrons. The topological polar surface area (TPSA) is 114 Å². The van der Waals surface area contributed by atoms with Gasteiger partial charge in [0.15, 0.2) is 14.6 Å². The number of benzene rings is 2. The average Bonchev–Trinajstić information content (AvgIpc) is 3.91. The van der Waals surface area contributed by atoms with E-state index in [1.165, 1.54) is 16.8 Å². The fourth-order valence-electron chi connectivity index (χ4n) is 7.36. The number of nitrogens with zero attached hydrogens (tertiary/aromatic N) is 4. The zero-order chi connectivity index (χ0) is 31.1. The fraction of sp³-hybridized carbons (Fsp3) is 0.576. The minimum atomic E-state index is -4.04. The summed E-state index contributed by atoms with van der Waals surface area (Å²) in [5.41, 5.74) is 6.39. The van der Waals surface area contributed by atoms with E-state index in [2.05, 4.69) is 46.7 Å². The van der Waals surface area contributed by atoms with Gasteiger partial charge in [-0.3, -0.25) is 14.8 Å². The monoisotopic (exact) mass is 731 g/mol. The third-order valence-electron chi connectivity index (χ3n) is 10.6. The van der Waals surface area contributed by atoms with Gasteiger partial charge in [0.1, 0.15) is 0 Å². The lowest BCUT2D eigenvalue weighted by Gasteiger charge is -2.40. The maximum Gasteiger partial charge on any atom is 0.265 e. The maximum absolute atomic E-state index is 13.8. The van der Waals surface area contributed by atoms with E-state index >= 15 is 0 Å². The number of nitrogens with one attached hydrogen (secondary N) is 1. The molecule has 14 heteroatoms. The number of amides is 2. The number of hydrogen-bond acceptors (Lipinski definition) is 8. The molecule has 3 aliphatic heterocycles. The van der Waals surface area contributed by atoms with Crippen LogP contribution in [0, 0.1) is 19.8 Å². The largest absolute Gasteiger partial charge is 0.371 e. The van der Waals surface area contributed by atoms with E-state index in [0.29, 0.717) is 19.1 Å². The van der Waals surface area contributed by atoms with Crippen molar-refractivity contribution in [3.63, 3.8) is 0 Å². The van der Waals surface area contributed by atoms with Gasteiger partial charge in [-0.15, -0.1) is 37.2 Å². The zero-order valence-electron chi connectivity index (χ0n) is 27.1. The standard InChI is InChI=1S/C33H45N5O5S.3ClH/c1-24-4-3-5-30(25(24)2)37-20-22-38(23-21-37)31(39)26-12-16-35(17-13-26)28-8-10-29(11-9-28)44(42,43)33(32(40)34-41)14-18-36(19-15-33)27-6-7-27;;;/h3-5,8-11,26-27,41H,6-7,12-23H2,1-2H3,(H,34,40);3*1H. The first-order valence-corrected chi connectivity index (χ1v) is 17.5. The lowest BCUT2D eigenvalue weighted by atomic mass is 9.94. The first kappa shape index (κ1) is 39.2. The lowest BCUT2D eigenvalue weighted by Crippen LogP contribution is -2.58. The maximum atomic E-state index is 13.8. The second kappa shape index (κ2) is 16.0. The van der Waals surface area contributed by atoms with E-state index in [1.54, 1.807) is 29.7 Å². The quantitative estimate of drug-likeness (QED) is 0.318. The second-order valence-electron chi connectivity index (χ2n) is 13.0. The molecule has 0 unspecified atom stereocenters. The molecular weight excluding hydrogens is 685 g/mol. The summed E-state index contributed by atoms with van der Waals surface area (Å²) in [7, 11) is -4.04. The Bertz CT molecular complexity index is 1480. The minimum absolute atomic E-state index is 0. The number of anilines is 2. The molecule has 262 valence electrons. The van der Waals surface area contributed by atoms with Crippen molar-refractivity contribution in [3.05, 3.63) is 53.6 Å². The predicted molar refractivity (Wildman–Crippen MR) is 192 cm³/mol. The van der Waals surface area contributed by atoms with Crippen LogP contribution in [0.25, 0.3) is 0 Å². The van der Waals surface area contributed by atoms with Gasteiger partial charge in [-0.05, 0) is 93.8 Å². The third-order valence-corrected chi connectivity index (χ3v) is 13.1. The third kappa shape index (κ3) is 7.65. The van der Waals surface area contributed by atoms with Crippen LogP contribution in [0.3, 0.4) is 0 Å². The van der Waals surface area contributed by atoms with Gasteiger partial charge in [0, 0.05) is 75.7 Å². The molecule has 47 heavy (non-hydrogen) atoms. The van der Waals surface area contributed by atoms with Gasteiger partial charge in [0.25, 0.3) is 5.91 Å². The van der Waals surface area contributed by atoms with Crippen LogP contribution in [-0.2, 0) is 19.4 Å². The molecule has 0 atom stereocenters. The van der Waals surface area contributed by atoms with Gasteiger partial charge >= 0.3 is 0 Å². The number of piperazine rings is 1. The predicted octanol–water partition coefficient (Wildman–Crippen LogP) is 4.41. The van der Waals surface area contributed by atoms with E-state index in [1.807, 2.05) is 4.90 Å². The number of rotatable bonds is 7. The molecule has 0 spiro atoms. The van der Waals surface area contributed by atoms with Gasteiger partial charge in [-0.2, -0.15) is 0 Å². The van der Waals surface area contributed by atoms with E-state index in [9.17, 15) is 23.2 Å². The van der Waals surface area contributed by atoms with Crippen LogP contribution >= 0.6 is 37.2 Å². The molecule has 2 amide bonds. The van der Waals surface area contributed by atoms with Crippen molar-refractivity contribution in [1.82, 2.24) is 15.3 Å². The summed E-state index contributed by atoms with van der Waals surface area (Å²) in [6.45, 7) is 9.91. The van der Waals surface area contributed by atoms with Gasteiger partial charge in [0.2, 0.25) is 5.91 Å².